The molecule has 1 aromatic heterocycles. The van der Waals surface area contributed by atoms with Gasteiger partial charge in [0.05, 0.1) is 26.6 Å². The van der Waals surface area contributed by atoms with Gasteiger partial charge in [0.15, 0.2) is 6.10 Å². The molecule has 1 amide bonds. The summed E-state index contributed by atoms with van der Waals surface area (Å²) < 4.78 is 37.0. The Labute approximate surface area is 192 Å². The molecule has 0 aliphatic carbocycles. The molecule has 1 saturated heterocycles. The first kappa shape index (κ1) is 22.9. The number of likely N-dealkylation sites (N-methyl/N-ethyl adjacent to an activating group) is 1. The van der Waals surface area contributed by atoms with Crippen LogP contribution in [0, 0.1) is 12.7 Å². The number of amides is 1. The van der Waals surface area contributed by atoms with Crippen molar-refractivity contribution in [2.75, 3.05) is 23.9 Å². The van der Waals surface area contributed by atoms with Crippen LogP contribution in [-0.2, 0) is 14.5 Å². The number of hydrogen-bond acceptors (Lipinski definition) is 7. The van der Waals surface area contributed by atoms with Gasteiger partial charge in [-0.1, -0.05) is 0 Å². The lowest BCUT2D eigenvalue weighted by molar-refractivity contribution is -0.126. The molecular formula is C23H26FN5O3S. The largest absolute Gasteiger partial charge is 0.479 e. The lowest BCUT2D eigenvalue weighted by Crippen LogP contribution is -2.33. The van der Waals surface area contributed by atoms with Gasteiger partial charge in [-0.05, 0) is 56.5 Å². The molecule has 1 aliphatic rings. The Balaban J connectivity index is 1.72. The van der Waals surface area contributed by atoms with Crippen LogP contribution < -0.4 is 15.4 Å². The van der Waals surface area contributed by atoms with Crippen LogP contribution in [0.25, 0.3) is 10.9 Å². The molecule has 1 aliphatic heterocycles. The van der Waals surface area contributed by atoms with E-state index >= 15 is 0 Å². The van der Waals surface area contributed by atoms with Crippen LogP contribution in [0.15, 0.2) is 41.0 Å². The highest BCUT2D eigenvalue weighted by molar-refractivity contribution is 7.93. The second-order valence-electron chi connectivity index (χ2n) is 8.00. The van der Waals surface area contributed by atoms with Crippen molar-refractivity contribution in [1.29, 1.82) is 0 Å². The highest BCUT2D eigenvalue weighted by atomic mass is 32.2. The normalized spacial score (nSPS) is 15.8. The van der Waals surface area contributed by atoms with Crippen molar-refractivity contribution in [2.45, 2.75) is 32.8 Å². The van der Waals surface area contributed by atoms with Gasteiger partial charge in [0, 0.05) is 30.0 Å². The number of rotatable bonds is 6. The number of halogens is 1. The predicted molar refractivity (Wildman–Crippen MR) is 127 cm³/mol. The van der Waals surface area contributed by atoms with Gasteiger partial charge >= 0.3 is 0 Å². The van der Waals surface area contributed by atoms with E-state index in [9.17, 15) is 13.4 Å². The maximum Gasteiger partial charge on any atom is 0.260 e. The molecule has 0 unspecified atom stereocenters. The number of fused-ring (bicyclic) bond motifs is 1. The number of nitrogens with one attached hydrogen (secondary N) is 2. The Morgan fingerprint density at radius 3 is 2.70 bits per heavy atom. The van der Waals surface area contributed by atoms with Crippen molar-refractivity contribution < 1.29 is 18.1 Å². The highest BCUT2D eigenvalue weighted by Gasteiger charge is 2.19. The second kappa shape index (κ2) is 9.30. The van der Waals surface area contributed by atoms with Gasteiger partial charge in [0.2, 0.25) is 0 Å². The Morgan fingerprint density at radius 1 is 1.21 bits per heavy atom. The maximum absolute atomic E-state index is 13.9. The number of carbonyl (C=O) groups is 1. The van der Waals surface area contributed by atoms with E-state index in [1.807, 2.05) is 13.0 Å². The second-order valence-corrected chi connectivity index (χ2v) is 10.5. The molecule has 33 heavy (non-hydrogen) atoms. The minimum atomic E-state index is -2.20. The molecule has 0 spiro atoms. The van der Waals surface area contributed by atoms with Crippen LogP contribution in [0.3, 0.4) is 0 Å². The Hall–Kier alpha value is -3.27. The van der Waals surface area contributed by atoms with E-state index in [0.29, 0.717) is 34.2 Å². The van der Waals surface area contributed by atoms with E-state index in [-0.39, 0.29) is 11.7 Å². The van der Waals surface area contributed by atoms with Crippen molar-refractivity contribution in [3.8, 4) is 5.75 Å². The number of aryl methyl sites for hydroxylation is 1. The summed E-state index contributed by atoms with van der Waals surface area (Å²) in [5, 5.41) is 6.45. The number of benzene rings is 2. The van der Waals surface area contributed by atoms with Crippen LogP contribution in [0.5, 0.6) is 5.75 Å². The fraction of sp³-hybridized carbons (Fsp3) is 0.348. The number of carbonyl (C=O) groups excluding carboxylic acids is 1. The van der Waals surface area contributed by atoms with Crippen molar-refractivity contribution in [2.24, 2.45) is 4.36 Å². The van der Waals surface area contributed by atoms with E-state index < -0.39 is 21.7 Å². The third kappa shape index (κ3) is 5.05. The third-order valence-corrected chi connectivity index (χ3v) is 7.88. The van der Waals surface area contributed by atoms with E-state index in [4.69, 9.17) is 4.74 Å². The molecule has 0 saturated carbocycles. The zero-order valence-electron chi connectivity index (χ0n) is 18.7. The lowest BCUT2D eigenvalue weighted by atomic mass is 10.1. The topological polar surface area (TPSA) is 106 Å². The zero-order chi connectivity index (χ0) is 23.6. The molecule has 0 bridgehead atoms. The maximum atomic E-state index is 13.9. The Kier molecular flexibility index (Phi) is 6.46. The van der Waals surface area contributed by atoms with Crippen LogP contribution in [-0.4, -0.2) is 44.7 Å². The van der Waals surface area contributed by atoms with Crippen LogP contribution in [0.2, 0.25) is 0 Å². The summed E-state index contributed by atoms with van der Waals surface area (Å²) in [7, 11) is -0.694. The summed E-state index contributed by atoms with van der Waals surface area (Å²) in [6.07, 6.45) is 2.47. The molecule has 2 N–H and O–H groups in total. The summed E-state index contributed by atoms with van der Waals surface area (Å²) in [5.41, 5.74) is 2.60. The zero-order valence-corrected chi connectivity index (χ0v) is 19.5. The molecule has 1 fully saturated rings. The van der Waals surface area contributed by atoms with Gasteiger partial charge in [-0.25, -0.2) is 18.6 Å². The van der Waals surface area contributed by atoms with E-state index in [1.165, 1.54) is 31.6 Å². The van der Waals surface area contributed by atoms with Crippen LogP contribution in [0.4, 0.5) is 21.6 Å². The van der Waals surface area contributed by atoms with Crippen LogP contribution >= 0.6 is 0 Å². The first-order valence-electron chi connectivity index (χ1n) is 10.7. The Bertz CT molecular complexity index is 1330. The monoisotopic (exact) mass is 471 g/mol. The fourth-order valence-electron chi connectivity index (χ4n) is 3.83. The molecule has 0 radical (unpaired) electrons. The summed E-state index contributed by atoms with van der Waals surface area (Å²) >= 11 is 0. The smallest absolute Gasteiger partial charge is 0.260 e. The van der Waals surface area contributed by atoms with Gasteiger partial charge in [0.25, 0.3) is 5.91 Å². The molecule has 10 heteroatoms. The molecule has 174 valence electrons. The number of hydrogen-bond donors (Lipinski definition) is 2. The van der Waals surface area contributed by atoms with Gasteiger partial charge in [-0.15, -0.1) is 0 Å². The van der Waals surface area contributed by atoms with Crippen molar-refractivity contribution in [1.82, 2.24) is 15.3 Å². The highest BCUT2D eigenvalue weighted by Crippen LogP contribution is 2.34. The number of anilines is 2. The SMILES string of the molecule is CNC(=O)[C@@H](C)Oc1cc(F)ccc1Nc1ncnc2cc(N=S3(=O)CCCC3)cc(C)c12. The minimum absolute atomic E-state index is 0.181. The molecule has 1 atom stereocenters. The summed E-state index contributed by atoms with van der Waals surface area (Å²) in [5.74, 6) is 1.12. The minimum Gasteiger partial charge on any atom is -0.479 e. The van der Waals surface area contributed by atoms with E-state index in [1.54, 1.807) is 13.0 Å². The first-order chi connectivity index (χ1) is 15.8. The standard InChI is InChI=1S/C23H26FN5O3S/c1-14-10-17(29-33(31)8-4-5-9-33)12-19-21(14)22(27-13-26-19)28-18-7-6-16(24)11-20(18)32-15(2)23(30)25-3/h6-7,10-13,15H,4-5,8-9H2,1-3H3,(H,25,30)(H,26,27,28)/t15-/m1/s1. The van der Waals surface area contributed by atoms with E-state index in [0.717, 1.165) is 23.8 Å². The van der Waals surface area contributed by atoms with Crippen LogP contribution in [0.1, 0.15) is 25.3 Å². The van der Waals surface area contributed by atoms with Gasteiger partial charge in [-0.3, -0.25) is 4.79 Å². The summed E-state index contributed by atoms with van der Waals surface area (Å²) in [6, 6.07) is 7.71. The summed E-state index contributed by atoms with van der Waals surface area (Å²) in [4.78, 5) is 20.6. The fourth-order valence-corrected chi connectivity index (χ4v) is 6.02. The quantitative estimate of drug-likeness (QED) is 0.557. The molecular weight excluding hydrogens is 445 g/mol. The molecule has 8 nitrogen and oxygen atoms in total. The number of nitrogens with zero attached hydrogens (tertiary/aromatic N) is 3. The predicted octanol–water partition coefficient (Wildman–Crippen LogP) is 4.23. The summed E-state index contributed by atoms with van der Waals surface area (Å²) in [6.45, 7) is 3.49. The number of ether oxygens (including phenoxy) is 1. The van der Waals surface area contributed by atoms with Gasteiger partial charge in [-0.2, -0.15) is 4.36 Å². The average molecular weight is 472 g/mol. The van der Waals surface area contributed by atoms with Crippen molar-refractivity contribution in [3.63, 3.8) is 0 Å². The molecule has 2 aromatic carbocycles. The van der Waals surface area contributed by atoms with Gasteiger partial charge < -0.3 is 15.4 Å². The molecule has 3 aromatic rings. The molecule has 2 heterocycles. The Morgan fingerprint density at radius 2 is 1.97 bits per heavy atom. The average Bonchev–Trinajstić information content (AvgIpc) is 3.20. The van der Waals surface area contributed by atoms with Crippen molar-refractivity contribution in [3.05, 3.63) is 48.0 Å². The molecule has 4 rings (SSSR count). The lowest BCUT2D eigenvalue weighted by Gasteiger charge is -2.18. The van der Waals surface area contributed by atoms with E-state index in [2.05, 4.69) is 25.0 Å². The first-order valence-corrected chi connectivity index (χ1v) is 12.6. The van der Waals surface area contributed by atoms with Gasteiger partial charge in [0.1, 0.15) is 23.7 Å². The number of aromatic nitrogens is 2. The third-order valence-electron chi connectivity index (χ3n) is 5.48. The van der Waals surface area contributed by atoms with Crippen molar-refractivity contribution >= 4 is 43.7 Å².